The highest BCUT2D eigenvalue weighted by atomic mass is 32.2. The SMILES string of the molecule is CC(=O)c1ccc(OCCCN2CC[C@H](NS(=O)(=O)c3ccc(C#N)cc3)C2)cc1. The number of benzene rings is 2. The average molecular weight is 428 g/mol. The zero-order chi connectivity index (χ0) is 21.6. The van der Waals surface area contributed by atoms with Crippen molar-refractivity contribution in [3.8, 4) is 11.8 Å². The molecular formula is C22H25N3O4S. The predicted molar refractivity (Wildman–Crippen MR) is 113 cm³/mol. The third kappa shape index (κ3) is 5.89. The Morgan fingerprint density at radius 3 is 2.53 bits per heavy atom. The number of rotatable bonds is 9. The maximum atomic E-state index is 12.5. The van der Waals surface area contributed by atoms with Crippen molar-refractivity contribution in [2.75, 3.05) is 26.2 Å². The topological polar surface area (TPSA) is 99.5 Å². The molecule has 0 aliphatic carbocycles. The minimum atomic E-state index is -3.60. The van der Waals surface area contributed by atoms with Crippen LogP contribution >= 0.6 is 0 Å². The molecule has 30 heavy (non-hydrogen) atoms. The molecule has 0 bridgehead atoms. The second-order valence-electron chi connectivity index (χ2n) is 7.33. The number of nitriles is 1. The fourth-order valence-corrected chi connectivity index (χ4v) is 4.65. The zero-order valence-electron chi connectivity index (χ0n) is 16.9. The highest BCUT2D eigenvalue weighted by molar-refractivity contribution is 7.89. The molecule has 0 radical (unpaired) electrons. The van der Waals surface area contributed by atoms with Gasteiger partial charge in [0.1, 0.15) is 5.75 Å². The van der Waals surface area contributed by atoms with Crippen LogP contribution in [-0.2, 0) is 10.0 Å². The van der Waals surface area contributed by atoms with Gasteiger partial charge in [-0.1, -0.05) is 0 Å². The van der Waals surface area contributed by atoms with Gasteiger partial charge in [-0.05, 0) is 74.8 Å². The van der Waals surface area contributed by atoms with Gasteiger partial charge in [0.05, 0.1) is 23.1 Å². The molecule has 1 fully saturated rings. The number of likely N-dealkylation sites (tertiary alicyclic amines) is 1. The van der Waals surface area contributed by atoms with E-state index in [0.717, 1.165) is 31.7 Å². The summed E-state index contributed by atoms with van der Waals surface area (Å²) in [5.74, 6) is 0.759. The van der Waals surface area contributed by atoms with Gasteiger partial charge in [0.15, 0.2) is 5.78 Å². The molecule has 1 N–H and O–H groups in total. The normalized spacial score (nSPS) is 16.9. The van der Waals surface area contributed by atoms with Crippen LogP contribution in [0.4, 0.5) is 0 Å². The molecule has 1 saturated heterocycles. The first-order valence-corrected chi connectivity index (χ1v) is 11.3. The Kier molecular flexibility index (Phi) is 7.21. The molecule has 2 aromatic rings. The average Bonchev–Trinajstić information content (AvgIpc) is 3.18. The lowest BCUT2D eigenvalue weighted by molar-refractivity contribution is 0.101. The Labute approximate surface area is 177 Å². The predicted octanol–water partition coefficient (Wildman–Crippen LogP) is 2.58. The summed E-state index contributed by atoms with van der Waals surface area (Å²) < 4.78 is 33.5. The Bertz CT molecular complexity index is 1010. The van der Waals surface area contributed by atoms with Crippen molar-refractivity contribution in [1.29, 1.82) is 5.26 Å². The van der Waals surface area contributed by atoms with Gasteiger partial charge in [0.2, 0.25) is 10.0 Å². The van der Waals surface area contributed by atoms with E-state index in [2.05, 4.69) is 9.62 Å². The van der Waals surface area contributed by atoms with Crippen molar-refractivity contribution in [2.45, 2.75) is 30.7 Å². The van der Waals surface area contributed by atoms with E-state index in [1.807, 2.05) is 6.07 Å². The Morgan fingerprint density at radius 2 is 1.90 bits per heavy atom. The van der Waals surface area contributed by atoms with Crippen molar-refractivity contribution in [3.63, 3.8) is 0 Å². The van der Waals surface area contributed by atoms with E-state index < -0.39 is 10.0 Å². The Morgan fingerprint density at radius 1 is 1.20 bits per heavy atom. The number of ether oxygens (including phenoxy) is 1. The summed E-state index contributed by atoms with van der Waals surface area (Å²) in [6.45, 7) is 4.39. The van der Waals surface area contributed by atoms with E-state index in [1.165, 1.54) is 31.2 Å². The Balaban J connectivity index is 1.40. The first kappa shape index (κ1) is 22.0. The molecule has 0 spiro atoms. The molecule has 8 heteroatoms. The third-order valence-corrected chi connectivity index (χ3v) is 6.57. The smallest absolute Gasteiger partial charge is 0.240 e. The summed E-state index contributed by atoms with van der Waals surface area (Å²) in [6.07, 6.45) is 1.58. The van der Waals surface area contributed by atoms with Crippen LogP contribution < -0.4 is 9.46 Å². The number of nitrogens with one attached hydrogen (secondary N) is 1. The van der Waals surface area contributed by atoms with Gasteiger partial charge < -0.3 is 9.64 Å². The third-order valence-electron chi connectivity index (χ3n) is 5.04. The maximum absolute atomic E-state index is 12.5. The number of ketones is 1. The van der Waals surface area contributed by atoms with Crippen LogP contribution in [-0.4, -0.2) is 51.4 Å². The minimum Gasteiger partial charge on any atom is -0.494 e. The van der Waals surface area contributed by atoms with Gasteiger partial charge in [0, 0.05) is 24.7 Å². The highest BCUT2D eigenvalue weighted by Crippen LogP contribution is 2.16. The lowest BCUT2D eigenvalue weighted by Gasteiger charge is -2.17. The summed E-state index contributed by atoms with van der Waals surface area (Å²) >= 11 is 0. The van der Waals surface area contributed by atoms with E-state index in [9.17, 15) is 13.2 Å². The second kappa shape index (κ2) is 9.85. The van der Waals surface area contributed by atoms with Gasteiger partial charge >= 0.3 is 0 Å². The van der Waals surface area contributed by atoms with Crippen LogP contribution in [0, 0.1) is 11.3 Å². The molecule has 0 saturated carbocycles. The number of sulfonamides is 1. The number of carbonyl (C=O) groups is 1. The molecule has 1 aliphatic heterocycles. The largest absolute Gasteiger partial charge is 0.494 e. The first-order chi connectivity index (χ1) is 14.4. The van der Waals surface area contributed by atoms with Crippen molar-refractivity contribution in [1.82, 2.24) is 9.62 Å². The van der Waals surface area contributed by atoms with Gasteiger partial charge in [-0.15, -0.1) is 0 Å². The van der Waals surface area contributed by atoms with Crippen LogP contribution in [0.5, 0.6) is 5.75 Å². The molecule has 0 unspecified atom stereocenters. The molecule has 2 aromatic carbocycles. The van der Waals surface area contributed by atoms with Crippen LogP contribution in [0.3, 0.4) is 0 Å². The molecule has 3 rings (SSSR count). The van der Waals surface area contributed by atoms with Gasteiger partial charge in [0.25, 0.3) is 0 Å². The van der Waals surface area contributed by atoms with Crippen LogP contribution in [0.2, 0.25) is 0 Å². The molecule has 1 heterocycles. The number of Topliss-reactive ketones (excluding diaryl/α,β-unsaturated/α-hetero) is 1. The van der Waals surface area contributed by atoms with Gasteiger partial charge in [-0.25, -0.2) is 13.1 Å². The molecule has 1 aliphatic rings. The van der Waals surface area contributed by atoms with E-state index in [4.69, 9.17) is 10.00 Å². The van der Waals surface area contributed by atoms with E-state index in [0.29, 0.717) is 24.3 Å². The number of hydrogen-bond acceptors (Lipinski definition) is 6. The van der Waals surface area contributed by atoms with Crippen LogP contribution in [0.15, 0.2) is 53.4 Å². The fraction of sp³-hybridized carbons (Fsp3) is 0.364. The zero-order valence-corrected chi connectivity index (χ0v) is 17.7. The van der Waals surface area contributed by atoms with Crippen molar-refractivity contribution in [3.05, 3.63) is 59.7 Å². The molecular weight excluding hydrogens is 402 g/mol. The summed E-state index contributed by atoms with van der Waals surface area (Å²) in [6, 6.07) is 14.8. The maximum Gasteiger partial charge on any atom is 0.240 e. The fourth-order valence-electron chi connectivity index (χ4n) is 3.39. The van der Waals surface area contributed by atoms with Crippen LogP contribution in [0.25, 0.3) is 0 Å². The summed E-state index contributed by atoms with van der Waals surface area (Å²) in [5, 5.41) is 8.83. The molecule has 158 valence electrons. The minimum absolute atomic E-state index is 0.0277. The molecule has 1 atom stereocenters. The first-order valence-electron chi connectivity index (χ1n) is 9.86. The van der Waals surface area contributed by atoms with E-state index in [-0.39, 0.29) is 16.7 Å². The summed E-state index contributed by atoms with van der Waals surface area (Å²) in [7, 11) is -3.60. The quantitative estimate of drug-likeness (QED) is 0.488. The highest BCUT2D eigenvalue weighted by Gasteiger charge is 2.27. The number of nitrogens with zero attached hydrogens (tertiary/aromatic N) is 2. The van der Waals surface area contributed by atoms with Gasteiger partial charge in [-0.2, -0.15) is 5.26 Å². The second-order valence-corrected chi connectivity index (χ2v) is 9.04. The van der Waals surface area contributed by atoms with Crippen LogP contribution in [0.1, 0.15) is 35.7 Å². The van der Waals surface area contributed by atoms with E-state index >= 15 is 0 Å². The van der Waals surface area contributed by atoms with Gasteiger partial charge in [-0.3, -0.25) is 4.79 Å². The monoisotopic (exact) mass is 427 g/mol. The lowest BCUT2D eigenvalue weighted by Crippen LogP contribution is -2.37. The number of hydrogen-bond donors (Lipinski definition) is 1. The standard InChI is InChI=1S/C22H25N3O4S/c1-17(26)19-5-7-21(8-6-19)29-14-2-12-25-13-11-20(16-25)24-30(27,28)22-9-3-18(15-23)4-10-22/h3-10,20,24H,2,11-14,16H2,1H3/t20-/m0/s1. The lowest BCUT2D eigenvalue weighted by atomic mass is 10.1. The molecule has 0 aromatic heterocycles. The Hall–Kier alpha value is -2.73. The summed E-state index contributed by atoms with van der Waals surface area (Å²) in [4.78, 5) is 13.7. The van der Waals surface area contributed by atoms with Crippen molar-refractivity contribution >= 4 is 15.8 Å². The van der Waals surface area contributed by atoms with Crippen molar-refractivity contribution < 1.29 is 17.9 Å². The van der Waals surface area contributed by atoms with E-state index in [1.54, 1.807) is 24.3 Å². The molecule has 7 nitrogen and oxygen atoms in total. The summed E-state index contributed by atoms with van der Waals surface area (Å²) in [5.41, 5.74) is 1.09. The van der Waals surface area contributed by atoms with Crippen molar-refractivity contribution in [2.24, 2.45) is 0 Å². The molecule has 0 amide bonds. The number of carbonyl (C=O) groups excluding carboxylic acids is 1.